The molecule has 0 spiro atoms. The van der Waals surface area contributed by atoms with Gasteiger partial charge in [-0.05, 0) is 38.7 Å². The molecule has 2 atom stereocenters. The lowest BCUT2D eigenvalue weighted by Crippen LogP contribution is -2.54. The van der Waals surface area contributed by atoms with Crippen LogP contribution in [0.5, 0.6) is 0 Å². The van der Waals surface area contributed by atoms with Gasteiger partial charge < -0.3 is 24.8 Å². The lowest BCUT2D eigenvalue weighted by molar-refractivity contribution is -0.146. The number of carbonyl (C=O) groups excluding carboxylic acids is 3. The van der Waals surface area contributed by atoms with E-state index in [1.54, 1.807) is 20.8 Å². The third kappa shape index (κ3) is 10.2. The minimum Gasteiger partial charge on any atom is -0.467 e. The van der Waals surface area contributed by atoms with Gasteiger partial charge in [0.1, 0.15) is 17.7 Å². The number of carbonyl (C=O) groups is 3. The maximum atomic E-state index is 12.8. The van der Waals surface area contributed by atoms with Gasteiger partial charge in [-0.1, -0.05) is 44.2 Å². The summed E-state index contributed by atoms with van der Waals surface area (Å²) < 4.78 is 15.7. The van der Waals surface area contributed by atoms with Crippen LogP contribution in [0.1, 0.15) is 46.6 Å². The molecule has 1 rings (SSSR count). The second kappa shape index (κ2) is 12.2. The summed E-state index contributed by atoms with van der Waals surface area (Å²) in [6.07, 6.45) is -0.341. The van der Waals surface area contributed by atoms with Gasteiger partial charge in [0, 0.05) is 0 Å². The smallest absolute Gasteiger partial charge is 0.408 e. The monoisotopic (exact) mass is 422 g/mol. The Kier molecular flexibility index (Phi) is 10.3. The van der Waals surface area contributed by atoms with Crippen molar-refractivity contribution in [2.75, 3.05) is 13.7 Å². The zero-order chi connectivity index (χ0) is 22.7. The summed E-state index contributed by atoms with van der Waals surface area (Å²) in [5.41, 5.74) is 0.212. The van der Waals surface area contributed by atoms with Crippen molar-refractivity contribution in [1.82, 2.24) is 10.6 Å². The van der Waals surface area contributed by atoms with Gasteiger partial charge in [0.15, 0.2) is 0 Å². The number of hydrogen-bond acceptors (Lipinski definition) is 6. The standard InChI is InChI=1S/C22H34N2O6/c1-15(2)12-17(20(26)28-6)23-19(25)18(24-21(27)30-22(3,4)5)14-29-13-16-10-8-7-9-11-16/h7-11,15,17-18H,12-14H2,1-6H3,(H,23,25)(H,24,27)/t17-,18-/m0/s1. The average molecular weight is 423 g/mol. The average Bonchev–Trinajstić information content (AvgIpc) is 2.65. The van der Waals surface area contributed by atoms with Crippen molar-refractivity contribution in [3.8, 4) is 0 Å². The Labute approximate surface area is 178 Å². The number of ether oxygens (including phenoxy) is 3. The summed E-state index contributed by atoms with van der Waals surface area (Å²) in [5, 5.41) is 5.18. The predicted octanol–water partition coefficient (Wildman–Crippen LogP) is 2.80. The van der Waals surface area contributed by atoms with E-state index < -0.39 is 35.7 Å². The molecule has 0 heterocycles. The molecule has 0 saturated heterocycles. The van der Waals surface area contributed by atoms with Crippen molar-refractivity contribution in [3.63, 3.8) is 0 Å². The second-order valence-corrected chi connectivity index (χ2v) is 8.41. The summed E-state index contributed by atoms with van der Waals surface area (Å²) in [4.78, 5) is 37.1. The molecule has 168 valence electrons. The Hall–Kier alpha value is -2.61. The van der Waals surface area contributed by atoms with Crippen molar-refractivity contribution < 1.29 is 28.6 Å². The largest absolute Gasteiger partial charge is 0.467 e. The summed E-state index contributed by atoms with van der Waals surface area (Å²) in [6, 6.07) is 7.59. The SMILES string of the molecule is COC(=O)[C@H](CC(C)C)NC(=O)[C@H](COCc1ccccc1)NC(=O)OC(C)(C)C. The van der Waals surface area contributed by atoms with E-state index in [1.165, 1.54) is 7.11 Å². The van der Waals surface area contributed by atoms with Gasteiger partial charge in [0.2, 0.25) is 5.91 Å². The van der Waals surface area contributed by atoms with Gasteiger partial charge in [-0.2, -0.15) is 0 Å². The molecule has 0 aliphatic rings. The number of amides is 2. The highest BCUT2D eigenvalue weighted by Gasteiger charge is 2.29. The highest BCUT2D eigenvalue weighted by Crippen LogP contribution is 2.09. The summed E-state index contributed by atoms with van der Waals surface area (Å²) in [5.74, 6) is -0.941. The van der Waals surface area contributed by atoms with Gasteiger partial charge in [0.25, 0.3) is 0 Å². The van der Waals surface area contributed by atoms with E-state index in [0.29, 0.717) is 6.42 Å². The second-order valence-electron chi connectivity index (χ2n) is 8.41. The molecule has 2 amide bonds. The lowest BCUT2D eigenvalue weighted by Gasteiger charge is -2.25. The molecule has 2 N–H and O–H groups in total. The molecular weight excluding hydrogens is 388 g/mol. The fourth-order valence-electron chi connectivity index (χ4n) is 2.60. The van der Waals surface area contributed by atoms with E-state index in [2.05, 4.69) is 10.6 Å². The van der Waals surface area contributed by atoms with Crippen LogP contribution >= 0.6 is 0 Å². The zero-order valence-electron chi connectivity index (χ0n) is 18.7. The van der Waals surface area contributed by atoms with Gasteiger partial charge >= 0.3 is 12.1 Å². The molecule has 0 saturated carbocycles. The van der Waals surface area contributed by atoms with Crippen LogP contribution in [0.25, 0.3) is 0 Å². The number of nitrogens with one attached hydrogen (secondary N) is 2. The Morgan fingerprint density at radius 3 is 2.17 bits per heavy atom. The number of alkyl carbamates (subject to hydrolysis) is 1. The number of esters is 1. The van der Waals surface area contributed by atoms with Crippen LogP contribution in [0, 0.1) is 5.92 Å². The number of rotatable bonds is 10. The Morgan fingerprint density at radius 1 is 1.00 bits per heavy atom. The molecule has 0 radical (unpaired) electrons. The van der Waals surface area contributed by atoms with Crippen LogP contribution in [0.3, 0.4) is 0 Å². The molecule has 8 nitrogen and oxygen atoms in total. The minimum absolute atomic E-state index is 0.0878. The number of methoxy groups -OCH3 is 1. The first-order chi connectivity index (χ1) is 14.0. The maximum Gasteiger partial charge on any atom is 0.408 e. The minimum atomic E-state index is -1.04. The van der Waals surface area contributed by atoms with Crippen LogP contribution in [-0.2, 0) is 30.4 Å². The van der Waals surface area contributed by atoms with Crippen molar-refractivity contribution >= 4 is 18.0 Å². The Morgan fingerprint density at radius 2 is 1.63 bits per heavy atom. The van der Waals surface area contributed by atoms with Gasteiger partial charge in [-0.25, -0.2) is 9.59 Å². The fourth-order valence-corrected chi connectivity index (χ4v) is 2.60. The van der Waals surface area contributed by atoms with Crippen LogP contribution in [0.15, 0.2) is 30.3 Å². The van der Waals surface area contributed by atoms with Gasteiger partial charge in [-0.15, -0.1) is 0 Å². The van der Waals surface area contributed by atoms with E-state index in [9.17, 15) is 14.4 Å². The molecule has 0 aliphatic heterocycles. The highest BCUT2D eigenvalue weighted by atomic mass is 16.6. The lowest BCUT2D eigenvalue weighted by atomic mass is 10.0. The first-order valence-corrected chi connectivity index (χ1v) is 10.0. The van der Waals surface area contributed by atoms with Crippen LogP contribution in [0.2, 0.25) is 0 Å². The van der Waals surface area contributed by atoms with E-state index in [4.69, 9.17) is 14.2 Å². The molecule has 30 heavy (non-hydrogen) atoms. The quantitative estimate of drug-likeness (QED) is 0.562. The van der Waals surface area contributed by atoms with Crippen molar-refractivity contribution in [2.45, 2.75) is 65.3 Å². The van der Waals surface area contributed by atoms with Crippen molar-refractivity contribution in [3.05, 3.63) is 35.9 Å². The van der Waals surface area contributed by atoms with Gasteiger partial charge in [-0.3, -0.25) is 4.79 Å². The van der Waals surface area contributed by atoms with Crippen molar-refractivity contribution in [1.29, 1.82) is 0 Å². The topological polar surface area (TPSA) is 103 Å². The van der Waals surface area contributed by atoms with Crippen LogP contribution in [-0.4, -0.2) is 49.4 Å². The molecule has 1 aromatic carbocycles. The molecule has 0 aliphatic carbocycles. The first kappa shape index (κ1) is 25.4. The van der Waals surface area contributed by atoms with E-state index in [1.807, 2.05) is 44.2 Å². The molecule has 1 aromatic rings. The highest BCUT2D eigenvalue weighted by molar-refractivity contribution is 5.89. The Bertz CT molecular complexity index is 685. The summed E-state index contributed by atoms with van der Waals surface area (Å²) in [7, 11) is 1.27. The third-order valence-corrected chi connectivity index (χ3v) is 3.91. The number of hydrogen-bond donors (Lipinski definition) is 2. The Balaban J connectivity index is 2.83. The van der Waals surface area contributed by atoms with Crippen LogP contribution in [0.4, 0.5) is 4.79 Å². The van der Waals surface area contributed by atoms with E-state index >= 15 is 0 Å². The zero-order valence-corrected chi connectivity index (χ0v) is 18.7. The summed E-state index contributed by atoms with van der Waals surface area (Å²) in [6.45, 7) is 9.22. The molecule has 0 fully saturated rings. The van der Waals surface area contributed by atoms with Crippen molar-refractivity contribution in [2.24, 2.45) is 5.92 Å². The predicted molar refractivity (Wildman–Crippen MR) is 113 cm³/mol. The summed E-state index contributed by atoms with van der Waals surface area (Å²) >= 11 is 0. The first-order valence-electron chi connectivity index (χ1n) is 10.0. The molecule has 0 unspecified atom stereocenters. The molecule has 0 bridgehead atoms. The number of benzene rings is 1. The maximum absolute atomic E-state index is 12.8. The third-order valence-electron chi connectivity index (χ3n) is 3.91. The fraction of sp³-hybridized carbons (Fsp3) is 0.591. The van der Waals surface area contributed by atoms with Crippen LogP contribution < -0.4 is 10.6 Å². The van der Waals surface area contributed by atoms with Gasteiger partial charge in [0.05, 0.1) is 20.3 Å². The normalized spacial score (nSPS) is 13.3. The molecular formula is C22H34N2O6. The van der Waals surface area contributed by atoms with E-state index in [0.717, 1.165) is 5.56 Å². The van der Waals surface area contributed by atoms with E-state index in [-0.39, 0.29) is 19.1 Å². The molecule has 8 heteroatoms. The molecule has 0 aromatic heterocycles.